The van der Waals surface area contributed by atoms with Gasteiger partial charge in [-0.25, -0.2) is 5.43 Å². The van der Waals surface area contributed by atoms with E-state index in [2.05, 4.69) is 20.7 Å². The Morgan fingerprint density at radius 2 is 1.77 bits per heavy atom. The van der Waals surface area contributed by atoms with Crippen molar-refractivity contribution in [2.75, 3.05) is 5.75 Å². The van der Waals surface area contributed by atoms with Crippen molar-refractivity contribution >= 4 is 81.3 Å². The Bertz CT molecular complexity index is 1070. The maximum atomic E-state index is 12.1. The summed E-state index contributed by atoms with van der Waals surface area (Å²) < 4.78 is 1.54. The monoisotopic (exact) mass is 516 g/mol. The van der Waals surface area contributed by atoms with Crippen molar-refractivity contribution in [1.29, 1.82) is 0 Å². The molecule has 0 aliphatic rings. The molecule has 0 atom stereocenters. The first-order valence-electron chi connectivity index (χ1n) is 8.53. The second kappa shape index (κ2) is 11.4. The first-order valence-corrected chi connectivity index (χ1v) is 12.5. The quantitative estimate of drug-likeness (QED) is 0.212. The SMILES string of the molecule is CC(=NNC(=O)CSc1nnc(SCc2ccccc2Cl)s1)c1ccc(Cl)c(Cl)c1. The third kappa shape index (κ3) is 6.87. The number of nitrogens with one attached hydrogen (secondary N) is 1. The summed E-state index contributed by atoms with van der Waals surface area (Å²) in [5, 5.41) is 14.0. The Morgan fingerprint density at radius 1 is 1.03 bits per heavy atom. The summed E-state index contributed by atoms with van der Waals surface area (Å²) in [7, 11) is 0. The van der Waals surface area contributed by atoms with E-state index in [4.69, 9.17) is 34.8 Å². The zero-order valence-corrected chi connectivity index (χ0v) is 20.3. The van der Waals surface area contributed by atoms with E-state index in [0.29, 0.717) is 21.5 Å². The molecule has 2 aromatic carbocycles. The van der Waals surface area contributed by atoms with Gasteiger partial charge in [0, 0.05) is 10.8 Å². The number of hydrazone groups is 1. The fraction of sp³-hybridized carbons (Fsp3) is 0.158. The molecule has 11 heteroatoms. The molecule has 156 valence electrons. The molecule has 0 bridgehead atoms. The summed E-state index contributed by atoms with van der Waals surface area (Å²) in [5.74, 6) is 0.657. The molecule has 1 aromatic heterocycles. The Morgan fingerprint density at radius 3 is 2.50 bits per heavy atom. The molecule has 3 rings (SSSR count). The lowest BCUT2D eigenvalue weighted by atomic mass is 10.1. The van der Waals surface area contributed by atoms with Crippen LogP contribution in [0.5, 0.6) is 0 Å². The van der Waals surface area contributed by atoms with Gasteiger partial charge in [0.05, 0.1) is 21.5 Å². The summed E-state index contributed by atoms with van der Waals surface area (Å²) in [6.07, 6.45) is 0. The van der Waals surface area contributed by atoms with E-state index in [1.54, 1.807) is 36.9 Å². The fourth-order valence-electron chi connectivity index (χ4n) is 2.16. The molecule has 0 fully saturated rings. The highest BCUT2D eigenvalue weighted by atomic mass is 35.5. The molecule has 1 amide bonds. The number of carbonyl (C=O) groups excluding carboxylic acids is 1. The number of amides is 1. The minimum atomic E-state index is -0.236. The second-order valence-corrected chi connectivity index (χ2v) is 10.5. The molecule has 0 unspecified atom stereocenters. The van der Waals surface area contributed by atoms with Gasteiger partial charge in [0.2, 0.25) is 0 Å². The standard InChI is InChI=1S/C19H15Cl3N4OS3/c1-11(12-6-7-15(21)16(22)8-12)23-24-17(27)10-29-19-26-25-18(30-19)28-9-13-4-2-3-5-14(13)20/h2-8H,9-10H2,1H3,(H,24,27). The Balaban J connectivity index is 1.47. The van der Waals surface area contributed by atoms with Crippen molar-refractivity contribution in [2.24, 2.45) is 5.10 Å². The highest BCUT2D eigenvalue weighted by molar-refractivity contribution is 8.03. The minimum Gasteiger partial charge on any atom is -0.272 e. The van der Waals surface area contributed by atoms with Gasteiger partial charge in [-0.15, -0.1) is 10.2 Å². The van der Waals surface area contributed by atoms with Crippen LogP contribution in [0.4, 0.5) is 0 Å². The van der Waals surface area contributed by atoms with Crippen LogP contribution in [-0.4, -0.2) is 27.6 Å². The minimum absolute atomic E-state index is 0.183. The molecule has 1 N–H and O–H groups in total. The van der Waals surface area contributed by atoms with Crippen molar-refractivity contribution < 1.29 is 4.79 Å². The van der Waals surface area contributed by atoms with Crippen LogP contribution in [0.25, 0.3) is 0 Å². The Kier molecular flexibility index (Phi) is 8.85. The first kappa shape index (κ1) is 23.4. The maximum absolute atomic E-state index is 12.1. The van der Waals surface area contributed by atoms with Crippen LogP contribution in [0.15, 0.2) is 56.2 Å². The van der Waals surface area contributed by atoms with E-state index in [-0.39, 0.29) is 11.7 Å². The summed E-state index contributed by atoms with van der Waals surface area (Å²) in [5.41, 5.74) is 4.98. The van der Waals surface area contributed by atoms with E-state index in [9.17, 15) is 4.79 Å². The number of aromatic nitrogens is 2. The van der Waals surface area contributed by atoms with Gasteiger partial charge in [-0.05, 0) is 36.2 Å². The summed E-state index contributed by atoms with van der Waals surface area (Å²) >= 11 is 22.4. The van der Waals surface area contributed by atoms with Gasteiger partial charge >= 0.3 is 0 Å². The molecular formula is C19H15Cl3N4OS3. The van der Waals surface area contributed by atoms with Crippen molar-refractivity contribution in [3.8, 4) is 0 Å². The van der Waals surface area contributed by atoms with Gasteiger partial charge in [-0.2, -0.15) is 5.10 Å². The van der Waals surface area contributed by atoms with Gasteiger partial charge in [-0.3, -0.25) is 4.79 Å². The van der Waals surface area contributed by atoms with Gasteiger partial charge in [-0.1, -0.05) is 93.9 Å². The molecule has 5 nitrogen and oxygen atoms in total. The van der Waals surface area contributed by atoms with Crippen LogP contribution in [-0.2, 0) is 10.5 Å². The number of hydrogen-bond donors (Lipinski definition) is 1. The van der Waals surface area contributed by atoms with Crippen molar-refractivity contribution in [3.63, 3.8) is 0 Å². The molecule has 0 aliphatic carbocycles. The zero-order chi connectivity index (χ0) is 21.5. The van der Waals surface area contributed by atoms with Gasteiger partial charge < -0.3 is 0 Å². The van der Waals surface area contributed by atoms with Crippen LogP contribution in [0, 0.1) is 0 Å². The third-order valence-corrected chi connectivity index (χ3v) is 8.06. The average molecular weight is 518 g/mol. The lowest BCUT2D eigenvalue weighted by Gasteiger charge is -2.04. The van der Waals surface area contributed by atoms with E-state index in [1.165, 1.54) is 23.1 Å². The van der Waals surface area contributed by atoms with Crippen LogP contribution in [0.2, 0.25) is 15.1 Å². The largest absolute Gasteiger partial charge is 0.272 e. The lowest BCUT2D eigenvalue weighted by Crippen LogP contribution is -2.21. The topological polar surface area (TPSA) is 67.2 Å². The predicted octanol–water partition coefficient (Wildman–Crippen LogP) is 6.42. The Labute approximate surface area is 201 Å². The summed E-state index contributed by atoms with van der Waals surface area (Å²) in [4.78, 5) is 12.1. The van der Waals surface area contributed by atoms with E-state index < -0.39 is 0 Å². The lowest BCUT2D eigenvalue weighted by molar-refractivity contribution is -0.118. The first-order chi connectivity index (χ1) is 14.4. The molecular weight excluding hydrogens is 503 g/mol. The normalized spacial score (nSPS) is 11.5. The fourth-order valence-corrected chi connectivity index (χ4v) is 5.56. The highest BCUT2D eigenvalue weighted by Gasteiger charge is 2.10. The molecule has 3 aromatic rings. The second-order valence-electron chi connectivity index (χ2n) is 5.86. The number of rotatable bonds is 8. The smallest absolute Gasteiger partial charge is 0.250 e. The number of nitrogens with zero attached hydrogens (tertiary/aromatic N) is 3. The van der Waals surface area contributed by atoms with Crippen LogP contribution in [0.3, 0.4) is 0 Å². The number of hydrogen-bond acceptors (Lipinski definition) is 7. The van der Waals surface area contributed by atoms with E-state index in [1.807, 2.05) is 24.3 Å². The molecule has 0 radical (unpaired) electrons. The van der Waals surface area contributed by atoms with E-state index >= 15 is 0 Å². The number of benzene rings is 2. The molecule has 30 heavy (non-hydrogen) atoms. The molecule has 0 saturated heterocycles. The molecule has 1 heterocycles. The highest BCUT2D eigenvalue weighted by Crippen LogP contribution is 2.32. The number of thioether (sulfide) groups is 2. The van der Waals surface area contributed by atoms with Crippen molar-refractivity contribution in [1.82, 2.24) is 15.6 Å². The number of halogens is 3. The van der Waals surface area contributed by atoms with E-state index in [0.717, 1.165) is 24.8 Å². The summed E-state index contributed by atoms with van der Waals surface area (Å²) in [6, 6.07) is 12.9. The summed E-state index contributed by atoms with van der Waals surface area (Å²) in [6.45, 7) is 1.78. The third-order valence-electron chi connectivity index (χ3n) is 3.71. The number of carbonyl (C=O) groups is 1. The molecule has 0 saturated carbocycles. The predicted molar refractivity (Wildman–Crippen MR) is 128 cm³/mol. The van der Waals surface area contributed by atoms with Crippen LogP contribution >= 0.6 is 69.7 Å². The Hall–Kier alpha value is -1.29. The van der Waals surface area contributed by atoms with Crippen molar-refractivity contribution in [3.05, 3.63) is 68.7 Å². The van der Waals surface area contributed by atoms with Crippen molar-refractivity contribution in [2.45, 2.75) is 21.4 Å². The average Bonchev–Trinajstić information content (AvgIpc) is 3.19. The molecule has 0 spiro atoms. The zero-order valence-electron chi connectivity index (χ0n) is 15.6. The van der Waals surface area contributed by atoms with Crippen LogP contribution in [0.1, 0.15) is 18.1 Å². The van der Waals surface area contributed by atoms with Gasteiger partial charge in [0.15, 0.2) is 8.68 Å². The van der Waals surface area contributed by atoms with Crippen LogP contribution < -0.4 is 5.43 Å². The van der Waals surface area contributed by atoms with Gasteiger partial charge in [0.25, 0.3) is 5.91 Å². The maximum Gasteiger partial charge on any atom is 0.250 e. The van der Waals surface area contributed by atoms with Gasteiger partial charge in [0.1, 0.15) is 0 Å². The molecule has 0 aliphatic heterocycles.